The molecule has 1 fully saturated rings. The Hall–Kier alpha value is -2.38. The number of carbonyl (C=O) groups excluding carboxylic acids is 1. The largest absolute Gasteiger partial charge is 0.450 e. The number of likely N-dealkylation sites (tertiary alicyclic amines) is 1. The van der Waals surface area contributed by atoms with Gasteiger partial charge in [-0.1, -0.05) is 18.2 Å². The van der Waals surface area contributed by atoms with Crippen molar-refractivity contribution in [2.24, 2.45) is 0 Å². The molecule has 0 spiro atoms. The summed E-state index contributed by atoms with van der Waals surface area (Å²) in [6, 6.07) is 8.19. The van der Waals surface area contributed by atoms with Gasteiger partial charge in [0.15, 0.2) is 0 Å². The number of rotatable bonds is 4. The van der Waals surface area contributed by atoms with Crippen molar-refractivity contribution in [2.45, 2.75) is 39.0 Å². The van der Waals surface area contributed by atoms with E-state index >= 15 is 0 Å². The Morgan fingerprint density at radius 2 is 2.30 bits per heavy atom. The molecule has 1 saturated heterocycles. The first-order chi connectivity index (χ1) is 13.2. The lowest BCUT2D eigenvalue weighted by Crippen LogP contribution is -2.41. The lowest BCUT2D eigenvalue weighted by molar-refractivity contribution is 0.109. The van der Waals surface area contributed by atoms with Crippen LogP contribution in [0.3, 0.4) is 0 Å². The number of carbonyl (C=O) groups is 1. The van der Waals surface area contributed by atoms with E-state index < -0.39 is 0 Å². The number of hydrogen-bond acceptors (Lipinski definition) is 5. The number of nitrogens with one attached hydrogen (secondary N) is 1. The molecule has 1 aromatic heterocycles. The second-order valence-electron chi connectivity index (χ2n) is 7.18. The first-order valence-corrected chi connectivity index (χ1v) is 9.61. The normalized spacial score (nSPS) is 19.9. The number of benzene rings is 1. The first kappa shape index (κ1) is 18.0. The summed E-state index contributed by atoms with van der Waals surface area (Å²) >= 11 is 0. The molecular formula is C20H26N4O3. The third-order valence-electron chi connectivity index (χ3n) is 5.45. The van der Waals surface area contributed by atoms with Gasteiger partial charge in [-0.25, -0.2) is 9.78 Å². The van der Waals surface area contributed by atoms with Crippen LogP contribution in [0.2, 0.25) is 0 Å². The monoisotopic (exact) mass is 370 g/mol. The third kappa shape index (κ3) is 3.70. The lowest BCUT2D eigenvalue weighted by atomic mass is 10.1. The summed E-state index contributed by atoms with van der Waals surface area (Å²) in [5, 5.41) is 9.35. The Morgan fingerprint density at radius 1 is 1.41 bits per heavy atom. The van der Waals surface area contributed by atoms with E-state index in [4.69, 9.17) is 9.72 Å². The highest BCUT2D eigenvalue weighted by molar-refractivity contribution is 5.68. The van der Waals surface area contributed by atoms with E-state index in [1.54, 1.807) is 0 Å². The van der Waals surface area contributed by atoms with Crippen LogP contribution in [-0.2, 0) is 24.3 Å². The van der Waals surface area contributed by atoms with Crippen molar-refractivity contribution in [3.63, 3.8) is 0 Å². The molecule has 0 radical (unpaired) electrons. The number of nitrogens with zero attached hydrogens (tertiary/aromatic N) is 3. The van der Waals surface area contributed by atoms with Crippen molar-refractivity contribution in [1.29, 1.82) is 0 Å². The van der Waals surface area contributed by atoms with Crippen molar-refractivity contribution < 1.29 is 14.6 Å². The van der Waals surface area contributed by atoms with Crippen LogP contribution in [0.15, 0.2) is 24.3 Å². The summed E-state index contributed by atoms with van der Waals surface area (Å²) in [7, 11) is 0. The van der Waals surface area contributed by atoms with Gasteiger partial charge in [-0.05, 0) is 25.0 Å². The number of H-pyrrole nitrogens is 1. The van der Waals surface area contributed by atoms with E-state index in [0.29, 0.717) is 12.6 Å². The Balaban J connectivity index is 1.45. The average Bonchev–Trinajstić information content (AvgIpc) is 3.35. The zero-order chi connectivity index (χ0) is 18.8. The molecule has 27 heavy (non-hydrogen) atoms. The minimum atomic E-state index is -0.203. The standard InChI is InChI=1S/C20H26N4O3/c1-2-27-20(26)24-8-6-16(11-24)23-9-7-17-18(12-23)22-19(21-17)15-5-3-4-14(10-15)13-25/h3-5,10,16,25H,2,6-9,11-13H2,1H3,(H,21,22)/t16-/m1/s1. The molecule has 144 valence electrons. The Kier molecular flexibility index (Phi) is 5.13. The summed E-state index contributed by atoms with van der Waals surface area (Å²) in [4.78, 5) is 24.4. The summed E-state index contributed by atoms with van der Waals surface area (Å²) in [5.41, 5.74) is 4.15. The number of aromatic amines is 1. The van der Waals surface area contributed by atoms with Gasteiger partial charge in [0, 0.05) is 44.2 Å². The number of imidazole rings is 1. The maximum absolute atomic E-state index is 11.9. The molecule has 0 aliphatic carbocycles. The molecule has 0 unspecified atom stereocenters. The van der Waals surface area contributed by atoms with Crippen molar-refractivity contribution in [1.82, 2.24) is 19.8 Å². The molecule has 3 heterocycles. The molecule has 7 nitrogen and oxygen atoms in total. The van der Waals surface area contributed by atoms with Gasteiger partial charge < -0.3 is 19.7 Å². The molecule has 0 bridgehead atoms. The number of aromatic nitrogens is 2. The summed E-state index contributed by atoms with van der Waals surface area (Å²) in [6.07, 6.45) is 1.68. The average molecular weight is 370 g/mol. The Morgan fingerprint density at radius 3 is 3.11 bits per heavy atom. The van der Waals surface area contributed by atoms with Gasteiger partial charge in [0.2, 0.25) is 0 Å². The summed E-state index contributed by atoms with van der Waals surface area (Å²) in [5.74, 6) is 0.858. The molecule has 7 heteroatoms. The zero-order valence-electron chi connectivity index (χ0n) is 15.6. The maximum Gasteiger partial charge on any atom is 0.409 e. The van der Waals surface area contributed by atoms with Crippen molar-refractivity contribution in [3.05, 3.63) is 41.2 Å². The van der Waals surface area contributed by atoms with Gasteiger partial charge >= 0.3 is 6.09 Å². The SMILES string of the molecule is CCOC(=O)N1CC[C@@H](N2CCc3nc(-c4cccc(CO)c4)[nH]c3C2)C1. The van der Waals surface area contributed by atoms with Crippen molar-refractivity contribution in [3.8, 4) is 11.4 Å². The smallest absolute Gasteiger partial charge is 0.409 e. The van der Waals surface area contributed by atoms with Crippen LogP contribution in [0.5, 0.6) is 0 Å². The Labute approximate surface area is 159 Å². The Bertz CT molecular complexity index is 819. The van der Waals surface area contributed by atoms with Crippen LogP contribution >= 0.6 is 0 Å². The minimum absolute atomic E-state index is 0.0285. The molecule has 1 aromatic carbocycles. The van der Waals surface area contributed by atoms with Crippen LogP contribution in [0.4, 0.5) is 4.79 Å². The fraction of sp³-hybridized carbons (Fsp3) is 0.500. The predicted molar refractivity (Wildman–Crippen MR) is 101 cm³/mol. The van der Waals surface area contributed by atoms with E-state index in [1.165, 1.54) is 0 Å². The van der Waals surface area contributed by atoms with E-state index in [0.717, 1.165) is 67.4 Å². The number of fused-ring (bicyclic) bond motifs is 1. The van der Waals surface area contributed by atoms with Crippen LogP contribution in [0, 0.1) is 0 Å². The molecular weight excluding hydrogens is 344 g/mol. The molecule has 2 aromatic rings. The maximum atomic E-state index is 11.9. The van der Waals surface area contributed by atoms with Crippen LogP contribution in [0.25, 0.3) is 11.4 Å². The van der Waals surface area contributed by atoms with E-state index in [9.17, 15) is 9.90 Å². The summed E-state index contributed by atoms with van der Waals surface area (Å²) < 4.78 is 5.12. The van der Waals surface area contributed by atoms with Crippen LogP contribution in [-0.4, -0.2) is 63.3 Å². The molecule has 4 rings (SSSR count). The van der Waals surface area contributed by atoms with Gasteiger partial charge in [0.25, 0.3) is 0 Å². The molecule has 2 aliphatic heterocycles. The highest BCUT2D eigenvalue weighted by Crippen LogP contribution is 2.26. The van der Waals surface area contributed by atoms with E-state index in [1.807, 2.05) is 36.1 Å². The third-order valence-corrected chi connectivity index (χ3v) is 5.45. The van der Waals surface area contributed by atoms with Gasteiger partial charge in [0.05, 0.1) is 24.6 Å². The zero-order valence-corrected chi connectivity index (χ0v) is 15.6. The van der Waals surface area contributed by atoms with Gasteiger partial charge in [-0.3, -0.25) is 4.90 Å². The highest BCUT2D eigenvalue weighted by Gasteiger charge is 2.33. The number of hydrogen-bond donors (Lipinski definition) is 2. The molecule has 0 saturated carbocycles. The van der Waals surface area contributed by atoms with Crippen molar-refractivity contribution >= 4 is 6.09 Å². The number of amides is 1. The second-order valence-corrected chi connectivity index (χ2v) is 7.18. The second kappa shape index (κ2) is 7.70. The van der Waals surface area contributed by atoms with E-state index in [2.05, 4.69) is 9.88 Å². The van der Waals surface area contributed by atoms with Gasteiger partial charge in [0.1, 0.15) is 5.82 Å². The quantitative estimate of drug-likeness (QED) is 0.862. The molecule has 1 amide bonds. The van der Waals surface area contributed by atoms with E-state index in [-0.39, 0.29) is 12.7 Å². The number of aliphatic hydroxyl groups is 1. The number of aliphatic hydroxyl groups excluding tert-OH is 1. The lowest BCUT2D eigenvalue weighted by Gasteiger charge is -2.31. The van der Waals surface area contributed by atoms with Gasteiger partial charge in [-0.2, -0.15) is 0 Å². The van der Waals surface area contributed by atoms with Gasteiger partial charge in [-0.15, -0.1) is 0 Å². The molecule has 2 N–H and O–H groups in total. The molecule has 1 atom stereocenters. The number of ether oxygens (including phenoxy) is 1. The fourth-order valence-corrected chi connectivity index (χ4v) is 4.00. The molecule has 2 aliphatic rings. The highest BCUT2D eigenvalue weighted by atomic mass is 16.6. The topological polar surface area (TPSA) is 81.7 Å². The van der Waals surface area contributed by atoms with Crippen LogP contribution < -0.4 is 0 Å². The summed E-state index contributed by atoms with van der Waals surface area (Å²) in [6.45, 7) is 5.55. The predicted octanol–water partition coefficient (Wildman–Crippen LogP) is 2.16. The minimum Gasteiger partial charge on any atom is -0.450 e. The first-order valence-electron chi connectivity index (χ1n) is 9.61. The van der Waals surface area contributed by atoms with Crippen molar-refractivity contribution in [2.75, 3.05) is 26.2 Å². The van der Waals surface area contributed by atoms with Crippen LogP contribution in [0.1, 0.15) is 30.3 Å². The fourth-order valence-electron chi connectivity index (χ4n) is 4.00.